The number of aromatic nitrogens is 4. The summed E-state index contributed by atoms with van der Waals surface area (Å²) in [7, 11) is 3.75. The second-order valence-electron chi connectivity index (χ2n) is 10.5. The van der Waals surface area contributed by atoms with Crippen molar-refractivity contribution in [2.45, 2.75) is 0 Å². The maximum Gasteiger partial charge on any atom is 0.301 e. The van der Waals surface area contributed by atoms with E-state index in [1.807, 2.05) is 102 Å². The number of para-hydroxylation sites is 4. The molecule has 0 saturated heterocycles. The Bertz CT molecular complexity index is 2130. The zero-order valence-electron chi connectivity index (χ0n) is 23.9. The van der Waals surface area contributed by atoms with E-state index in [1.165, 1.54) is 0 Å². The molecule has 2 aliphatic heterocycles. The molecule has 0 atom stereocenters. The van der Waals surface area contributed by atoms with Gasteiger partial charge in [-0.3, -0.25) is 4.90 Å². The van der Waals surface area contributed by atoms with Gasteiger partial charge in [0.25, 0.3) is 0 Å². The number of rotatable bonds is 4. The van der Waals surface area contributed by atoms with E-state index in [4.69, 9.17) is 19.7 Å². The van der Waals surface area contributed by atoms with Crippen LogP contribution < -0.4 is 14.5 Å². The monoisotopic (exact) mass is 578 g/mol. The molecule has 8 rings (SSSR count). The third-order valence-corrected chi connectivity index (χ3v) is 7.71. The quantitative estimate of drug-likeness (QED) is 0.229. The molecule has 4 heterocycles. The zero-order valence-corrected chi connectivity index (χ0v) is 23.9. The molecule has 2 aromatic heterocycles. The highest BCUT2D eigenvalue weighted by molar-refractivity contribution is 6.06. The molecular weight excluding hydrogens is 552 g/mol. The Labute approximate surface area is 253 Å². The molecule has 10 nitrogen and oxygen atoms in total. The molecular formula is C34H26N8O2. The van der Waals surface area contributed by atoms with E-state index in [1.54, 1.807) is 28.2 Å². The lowest BCUT2D eigenvalue weighted by Gasteiger charge is -2.21. The van der Waals surface area contributed by atoms with E-state index in [0.717, 1.165) is 39.3 Å². The number of hydrogen-bond donors (Lipinski definition) is 1. The van der Waals surface area contributed by atoms with Gasteiger partial charge in [-0.05, 0) is 24.3 Å². The predicted molar refractivity (Wildman–Crippen MR) is 172 cm³/mol. The minimum Gasteiger partial charge on any atom is -0.480 e. The van der Waals surface area contributed by atoms with E-state index < -0.39 is 0 Å². The van der Waals surface area contributed by atoms with Crippen LogP contribution in [0.5, 0.6) is 11.8 Å². The average Bonchev–Trinajstić information content (AvgIpc) is 3.48. The number of aryl methyl sites for hydroxylation is 2. The fourth-order valence-electron chi connectivity index (χ4n) is 5.72. The van der Waals surface area contributed by atoms with Crippen molar-refractivity contribution in [1.82, 2.24) is 19.1 Å². The lowest BCUT2D eigenvalue weighted by atomic mass is 10.0. The minimum atomic E-state index is -0.192. The Morgan fingerprint density at radius 2 is 1.11 bits per heavy atom. The molecule has 44 heavy (non-hydrogen) atoms. The van der Waals surface area contributed by atoms with Crippen molar-refractivity contribution in [2.75, 3.05) is 9.80 Å². The maximum atomic E-state index is 11.2. The molecule has 1 N–H and O–H groups in total. The fraction of sp³-hybridized carbons (Fsp3) is 0.0588. The van der Waals surface area contributed by atoms with E-state index >= 15 is 0 Å². The Morgan fingerprint density at radius 3 is 1.84 bits per heavy atom. The number of benzene rings is 4. The van der Waals surface area contributed by atoms with Gasteiger partial charge >= 0.3 is 6.02 Å². The van der Waals surface area contributed by atoms with Gasteiger partial charge in [0, 0.05) is 36.3 Å². The van der Waals surface area contributed by atoms with E-state index in [-0.39, 0.29) is 6.02 Å². The number of ether oxygens (including phenoxy) is 1. The Kier molecular flexibility index (Phi) is 5.80. The van der Waals surface area contributed by atoms with E-state index in [2.05, 4.69) is 23.2 Å². The number of hydrogen-bond acceptors (Lipinski definition) is 7. The van der Waals surface area contributed by atoms with Gasteiger partial charge < -0.3 is 19.0 Å². The smallest absolute Gasteiger partial charge is 0.301 e. The first-order chi connectivity index (χ1) is 21.5. The molecule has 10 heteroatoms. The van der Waals surface area contributed by atoms with Crippen molar-refractivity contribution in [2.24, 2.45) is 24.1 Å². The van der Waals surface area contributed by atoms with Gasteiger partial charge in [0.1, 0.15) is 6.34 Å². The second-order valence-corrected chi connectivity index (χ2v) is 10.5. The molecule has 0 amide bonds. The van der Waals surface area contributed by atoms with Crippen LogP contribution in [-0.4, -0.2) is 36.6 Å². The molecule has 0 saturated carbocycles. The van der Waals surface area contributed by atoms with Gasteiger partial charge in [-0.1, -0.05) is 72.8 Å². The lowest BCUT2D eigenvalue weighted by molar-refractivity contribution is 0.449. The summed E-state index contributed by atoms with van der Waals surface area (Å²) < 4.78 is 9.87. The summed E-state index contributed by atoms with van der Waals surface area (Å²) in [4.78, 5) is 22.4. The van der Waals surface area contributed by atoms with E-state index in [9.17, 15) is 5.11 Å². The minimum absolute atomic E-state index is 0.192. The van der Waals surface area contributed by atoms with Crippen LogP contribution in [0.2, 0.25) is 0 Å². The molecule has 0 fully saturated rings. The van der Waals surface area contributed by atoms with Gasteiger partial charge in [-0.15, -0.1) is 0 Å². The van der Waals surface area contributed by atoms with Gasteiger partial charge in [0.15, 0.2) is 0 Å². The second kappa shape index (κ2) is 9.99. The van der Waals surface area contributed by atoms with Crippen LogP contribution in [0.15, 0.2) is 119 Å². The Morgan fingerprint density at radius 1 is 0.591 bits per heavy atom. The van der Waals surface area contributed by atoms with Crippen molar-refractivity contribution < 1.29 is 9.84 Å². The number of aliphatic hydroxyl groups excluding tert-OH is 1. The number of amidine groups is 1. The van der Waals surface area contributed by atoms with E-state index in [0.29, 0.717) is 29.3 Å². The standard InChI is InChI=1S/C34H26N8O2/c1-39-19-30(37-32(39)41-21-35-26-15-7-3-11-22(26)24-13-5-9-17-28(24)41)44-31-20-40(2)33(38-31)42-29-18-10-6-14-25(29)23-12-4-8-16-27(23)36-34(42)43/h3-21H,1-2H3,(H,36,43). The van der Waals surface area contributed by atoms with Crippen molar-refractivity contribution in [3.8, 4) is 34.0 Å². The van der Waals surface area contributed by atoms with Crippen LogP contribution in [0.25, 0.3) is 22.3 Å². The first kappa shape index (κ1) is 25.5. The third-order valence-electron chi connectivity index (χ3n) is 7.71. The van der Waals surface area contributed by atoms with Crippen LogP contribution in [0, 0.1) is 0 Å². The molecule has 214 valence electrons. The summed E-state index contributed by atoms with van der Waals surface area (Å²) in [6.07, 6.45) is 5.33. The first-order valence-electron chi connectivity index (χ1n) is 14.1. The van der Waals surface area contributed by atoms with Crippen LogP contribution >= 0.6 is 0 Å². The molecule has 2 aliphatic rings. The zero-order chi connectivity index (χ0) is 29.8. The molecule has 0 unspecified atom stereocenters. The topological polar surface area (TPSA) is 96.3 Å². The molecule has 0 bridgehead atoms. The van der Waals surface area contributed by atoms with Gasteiger partial charge in [-0.2, -0.15) is 15.0 Å². The third kappa shape index (κ3) is 4.11. The van der Waals surface area contributed by atoms with Crippen molar-refractivity contribution >= 4 is 47.0 Å². The number of nitrogens with zero attached hydrogens (tertiary/aromatic N) is 8. The summed E-state index contributed by atoms with van der Waals surface area (Å²) in [5.74, 6) is 1.74. The van der Waals surface area contributed by atoms with Gasteiger partial charge in [0.05, 0.1) is 35.1 Å². The number of aliphatic hydroxyl groups is 1. The van der Waals surface area contributed by atoms with Crippen LogP contribution in [-0.2, 0) is 14.1 Å². The summed E-state index contributed by atoms with van der Waals surface area (Å²) in [6.45, 7) is 0. The highest BCUT2D eigenvalue weighted by Crippen LogP contribution is 2.43. The van der Waals surface area contributed by atoms with Crippen LogP contribution in [0.3, 0.4) is 0 Å². The SMILES string of the molecule is Cn1cc(Oc2cn(C)c(N3C(O)=Nc4ccccc4-c4ccccc43)n2)nc1N1C=Nc2ccccc2-c2ccccc21. The number of fused-ring (bicyclic) bond motifs is 6. The average molecular weight is 579 g/mol. The van der Waals surface area contributed by atoms with Crippen molar-refractivity contribution in [3.05, 3.63) is 109 Å². The summed E-state index contributed by atoms with van der Waals surface area (Å²) in [5.41, 5.74) is 7.23. The summed E-state index contributed by atoms with van der Waals surface area (Å²) >= 11 is 0. The number of anilines is 4. The number of imidazole rings is 2. The largest absolute Gasteiger partial charge is 0.480 e. The first-order valence-corrected chi connectivity index (χ1v) is 14.1. The molecule has 0 radical (unpaired) electrons. The molecule has 0 spiro atoms. The van der Waals surface area contributed by atoms with Gasteiger partial charge in [0.2, 0.25) is 23.7 Å². The summed E-state index contributed by atoms with van der Waals surface area (Å²) in [6, 6.07) is 31.6. The normalized spacial score (nSPS) is 13.3. The molecule has 6 aromatic rings. The maximum absolute atomic E-state index is 11.2. The highest BCUT2D eigenvalue weighted by atomic mass is 16.5. The van der Waals surface area contributed by atoms with Crippen molar-refractivity contribution in [1.29, 1.82) is 0 Å². The predicted octanol–water partition coefficient (Wildman–Crippen LogP) is 7.79. The van der Waals surface area contributed by atoms with Crippen molar-refractivity contribution in [3.63, 3.8) is 0 Å². The summed E-state index contributed by atoms with van der Waals surface area (Å²) in [5, 5.41) is 11.2. The molecule has 0 aliphatic carbocycles. The highest BCUT2D eigenvalue weighted by Gasteiger charge is 2.28. The molecule has 4 aromatic carbocycles. The van der Waals surface area contributed by atoms with Gasteiger partial charge in [-0.25, -0.2) is 9.89 Å². The Balaban J connectivity index is 1.14. The number of aliphatic imine (C=N–C) groups is 2. The Hall–Kier alpha value is -6.16. The van der Waals surface area contributed by atoms with Crippen LogP contribution in [0.1, 0.15) is 0 Å². The van der Waals surface area contributed by atoms with Crippen LogP contribution in [0.4, 0.5) is 34.6 Å². The fourth-order valence-corrected chi connectivity index (χ4v) is 5.72. The lowest BCUT2D eigenvalue weighted by Crippen LogP contribution is -2.27.